The van der Waals surface area contributed by atoms with Crippen molar-refractivity contribution in [1.29, 1.82) is 0 Å². The molecule has 1 saturated heterocycles. The zero-order valence-electron chi connectivity index (χ0n) is 31.0. The summed E-state index contributed by atoms with van der Waals surface area (Å²) < 4.78 is 29.3. The second kappa shape index (κ2) is 18.0. The van der Waals surface area contributed by atoms with Crippen molar-refractivity contribution in [2.24, 2.45) is 0 Å². The molecule has 1 amide bonds. The molecule has 0 spiro atoms. The molecule has 1 heterocycles. The fourth-order valence-corrected chi connectivity index (χ4v) is 9.75. The van der Waals surface area contributed by atoms with Gasteiger partial charge < -0.3 is 10.2 Å². The molecule has 4 aromatic rings. The van der Waals surface area contributed by atoms with Gasteiger partial charge in [0.1, 0.15) is 0 Å². The highest BCUT2D eigenvalue weighted by Gasteiger charge is 2.25. The van der Waals surface area contributed by atoms with E-state index in [9.17, 15) is 13.2 Å². The smallest absolute Gasteiger partial charge is 0.264 e. The van der Waals surface area contributed by atoms with Crippen LogP contribution in [-0.2, 0) is 10.0 Å². The van der Waals surface area contributed by atoms with E-state index in [-0.39, 0.29) is 10.9 Å². The van der Waals surface area contributed by atoms with E-state index < -0.39 is 15.9 Å². The van der Waals surface area contributed by atoms with Crippen molar-refractivity contribution in [3.8, 4) is 0 Å². The molecule has 0 unspecified atom stereocenters. The first-order valence-corrected chi connectivity index (χ1v) is 21.6. The van der Waals surface area contributed by atoms with Crippen LogP contribution < -0.4 is 14.9 Å². The number of hydrogen-bond donors (Lipinski definition) is 2. The van der Waals surface area contributed by atoms with E-state index in [4.69, 9.17) is 11.6 Å². The Morgan fingerprint density at radius 1 is 0.849 bits per heavy atom. The number of carbonyl (C=O) groups excluding carboxylic acids is 1. The Morgan fingerprint density at radius 2 is 1.55 bits per heavy atom. The number of allylic oxidation sites excluding steroid dienone is 1. The molecule has 7 nitrogen and oxygen atoms in total. The topological polar surface area (TPSA) is 81.8 Å². The summed E-state index contributed by atoms with van der Waals surface area (Å²) in [6, 6.07) is 29.5. The van der Waals surface area contributed by atoms with Crippen LogP contribution in [0.4, 0.5) is 11.4 Å². The molecule has 4 aromatic carbocycles. The van der Waals surface area contributed by atoms with Crippen LogP contribution in [0.3, 0.4) is 0 Å². The molecule has 1 atom stereocenters. The van der Waals surface area contributed by atoms with Gasteiger partial charge in [-0.25, -0.2) is 13.1 Å². The Balaban J connectivity index is 1.04. The molecule has 0 aromatic heterocycles. The van der Waals surface area contributed by atoms with E-state index in [0.29, 0.717) is 11.1 Å². The van der Waals surface area contributed by atoms with Gasteiger partial charge in [0, 0.05) is 71.4 Å². The number of rotatable bonds is 14. The Bertz CT molecular complexity index is 1990. The number of nitrogens with one attached hydrogen (secondary N) is 2. The fourth-order valence-electron chi connectivity index (χ4n) is 7.36. The van der Waals surface area contributed by atoms with Crippen molar-refractivity contribution in [3.63, 3.8) is 0 Å². The van der Waals surface area contributed by atoms with E-state index in [2.05, 4.69) is 51.0 Å². The van der Waals surface area contributed by atoms with Crippen LogP contribution >= 0.6 is 23.4 Å². The van der Waals surface area contributed by atoms with E-state index >= 15 is 0 Å². The van der Waals surface area contributed by atoms with Crippen molar-refractivity contribution in [3.05, 3.63) is 124 Å². The third kappa shape index (κ3) is 10.1. The fraction of sp³-hybridized carbons (Fsp3) is 0.372. The van der Waals surface area contributed by atoms with Crippen molar-refractivity contribution in [2.45, 2.75) is 75.1 Å². The molecule has 0 saturated carbocycles. The standard InChI is InChI=1S/C43H51ClN4O3S2/c1-4-10-37(30-52-39-12-6-5-7-13-39)45-41-23-24-42(32(3)31(41)2)53(50,51)46-43(49)34-17-21-38(22-18-34)48-27-25-47(26-28-48)29-35-11-8-9-14-40(35)33-15-19-36(44)20-16-33/h5-7,12-13,15-24,37,45H,4,8-11,14,25-30H2,1-3H3,(H,46,49)/t37-/m1/s1. The Kier molecular flexibility index (Phi) is 13.3. The van der Waals surface area contributed by atoms with Gasteiger partial charge in [-0.2, -0.15) is 0 Å². The van der Waals surface area contributed by atoms with E-state index in [1.807, 2.05) is 67.2 Å². The SMILES string of the molecule is CCC[C@H](CSc1ccccc1)Nc1ccc(S(=O)(=O)NC(=O)c2ccc(N3CCN(CC4=C(c5ccc(Cl)cc5)CCCC4)CC3)cc2)c(C)c1C. The largest absolute Gasteiger partial charge is 0.381 e. The highest BCUT2D eigenvalue weighted by Crippen LogP contribution is 2.34. The zero-order chi connectivity index (χ0) is 37.4. The minimum Gasteiger partial charge on any atom is -0.381 e. The molecule has 1 fully saturated rings. The average Bonchev–Trinajstić information content (AvgIpc) is 3.17. The quantitative estimate of drug-likeness (QED) is 0.124. The summed E-state index contributed by atoms with van der Waals surface area (Å²) in [5.41, 5.74) is 8.04. The second-order valence-corrected chi connectivity index (χ2v) is 17.3. The van der Waals surface area contributed by atoms with Crippen LogP contribution in [0.15, 0.2) is 106 Å². The molecule has 1 aliphatic carbocycles. The van der Waals surface area contributed by atoms with Gasteiger partial charge in [0.25, 0.3) is 15.9 Å². The molecule has 280 valence electrons. The zero-order valence-corrected chi connectivity index (χ0v) is 33.4. The maximum Gasteiger partial charge on any atom is 0.264 e. The lowest BCUT2D eigenvalue weighted by Crippen LogP contribution is -2.47. The van der Waals surface area contributed by atoms with Gasteiger partial charge in [-0.15, -0.1) is 11.8 Å². The number of carbonyl (C=O) groups is 1. The molecule has 0 radical (unpaired) electrons. The molecule has 1 aliphatic heterocycles. The minimum atomic E-state index is -4.09. The third-order valence-corrected chi connectivity index (χ3v) is 13.4. The van der Waals surface area contributed by atoms with Crippen molar-refractivity contribution in [1.82, 2.24) is 9.62 Å². The number of anilines is 2. The third-order valence-electron chi connectivity index (χ3n) is 10.5. The molecular weight excluding hydrogens is 720 g/mol. The Morgan fingerprint density at radius 3 is 2.25 bits per heavy atom. The number of sulfonamides is 1. The lowest BCUT2D eigenvalue weighted by atomic mass is 9.87. The van der Waals surface area contributed by atoms with Crippen LogP contribution in [0.1, 0.15) is 72.5 Å². The predicted octanol–water partition coefficient (Wildman–Crippen LogP) is 9.60. The Hall–Kier alpha value is -3.76. The summed E-state index contributed by atoms with van der Waals surface area (Å²) in [6.45, 7) is 10.6. The number of halogens is 1. The van der Waals surface area contributed by atoms with Crippen molar-refractivity contribution in [2.75, 3.05) is 48.7 Å². The van der Waals surface area contributed by atoms with E-state index in [1.165, 1.54) is 28.9 Å². The lowest BCUT2D eigenvalue weighted by Gasteiger charge is -2.37. The number of thioether (sulfide) groups is 1. The van der Waals surface area contributed by atoms with E-state index in [0.717, 1.165) is 86.1 Å². The Labute approximate surface area is 325 Å². The first kappa shape index (κ1) is 38.9. The summed E-state index contributed by atoms with van der Waals surface area (Å²) in [7, 11) is -4.09. The predicted molar refractivity (Wildman–Crippen MR) is 222 cm³/mol. The van der Waals surface area contributed by atoms with Crippen molar-refractivity contribution >= 4 is 56.2 Å². The van der Waals surface area contributed by atoms with Gasteiger partial charge >= 0.3 is 0 Å². The van der Waals surface area contributed by atoms with Gasteiger partial charge in [0.15, 0.2) is 0 Å². The van der Waals surface area contributed by atoms with Gasteiger partial charge in [0.05, 0.1) is 4.90 Å². The van der Waals surface area contributed by atoms with Crippen LogP contribution in [0.5, 0.6) is 0 Å². The van der Waals surface area contributed by atoms with Gasteiger partial charge in [-0.1, -0.05) is 60.9 Å². The molecule has 2 N–H and O–H groups in total. The molecule has 2 aliphatic rings. The molecular formula is C43H51ClN4O3S2. The normalized spacial score (nSPS) is 16.0. The first-order chi connectivity index (χ1) is 25.6. The number of benzene rings is 4. The van der Waals surface area contributed by atoms with E-state index in [1.54, 1.807) is 30.7 Å². The summed E-state index contributed by atoms with van der Waals surface area (Å²) >= 11 is 7.97. The molecule has 6 rings (SSSR count). The number of piperazine rings is 1. The monoisotopic (exact) mass is 770 g/mol. The number of amides is 1. The minimum absolute atomic E-state index is 0.110. The van der Waals surface area contributed by atoms with Crippen molar-refractivity contribution < 1.29 is 13.2 Å². The average molecular weight is 771 g/mol. The lowest BCUT2D eigenvalue weighted by molar-refractivity contribution is 0.0981. The first-order valence-electron chi connectivity index (χ1n) is 18.8. The number of nitrogens with zero attached hydrogens (tertiary/aromatic N) is 2. The second-order valence-electron chi connectivity index (χ2n) is 14.2. The molecule has 0 bridgehead atoms. The van der Waals surface area contributed by atoms with Crippen LogP contribution in [0.2, 0.25) is 5.02 Å². The maximum atomic E-state index is 13.5. The highest BCUT2D eigenvalue weighted by atomic mass is 35.5. The summed E-state index contributed by atoms with van der Waals surface area (Å²) in [6.07, 6.45) is 6.77. The highest BCUT2D eigenvalue weighted by molar-refractivity contribution is 7.99. The van der Waals surface area contributed by atoms with Gasteiger partial charge in [-0.3, -0.25) is 9.69 Å². The van der Waals surface area contributed by atoms with Crippen LogP contribution in [0.25, 0.3) is 5.57 Å². The van der Waals surface area contributed by atoms with Crippen LogP contribution in [0, 0.1) is 13.8 Å². The summed E-state index contributed by atoms with van der Waals surface area (Å²) in [5.74, 6) is 0.255. The van der Waals surface area contributed by atoms with Crippen LogP contribution in [-0.4, -0.2) is 63.7 Å². The number of hydrogen-bond acceptors (Lipinski definition) is 7. The van der Waals surface area contributed by atoms with Gasteiger partial charge in [-0.05, 0) is 129 Å². The van der Waals surface area contributed by atoms with Gasteiger partial charge in [0.2, 0.25) is 0 Å². The maximum absolute atomic E-state index is 13.5. The molecule has 10 heteroatoms. The summed E-state index contributed by atoms with van der Waals surface area (Å²) in [5, 5.41) is 4.42. The molecule has 53 heavy (non-hydrogen) atoms. The summed E-state index contributed by atoms with van der Waals surface area (Å²) in [4.78, 5) is 19.4.